The van der Waals surface area contributed by atoms with Gasteiger partial charge in [0.25, 0.3) is 0 Å². The van der Waals surface area contributed by atoms with E-state index in [0.29, 0.717) is 17.9 Å². The highest BCUT2D eigenvalue weighted by Gasteiger charge is 2.09. The van der Waals surface area contributed by atoms with Crippen LogP contribution in [0.25, 0.3) is 11.1 Å². The van der Waals surface area contributed by atoms with Gasteiger partial charge in [-0.1, -0.05) is 12.1 Å². The van der Waals surface area contributed by atoms with Gasteiger partial charge in [0, 0.05) is 0 Å². The van der Waals surface area contributed by atoms with Gasteiger partial charge in [0.2, 0.25) is 0 Å². The van der Waals surface area contributed by atoms with Crippen molar-refractivity contribution < 1.29 is 19.1 Å². The molecule has 0 saturated heterocycles. The van der Waals surface area contributed by atoms with Gasteiger partial charge in [0.15, 0.2) is 5.58 Å². The molecule has 118 valence electrons. The summed E-state index contributed by atoms with van der Waals surface area (Å²) in [6.07, 6.45) is 0. The number of fused-ring (bicyclic) bond motifs is 1. The summed E-state index contributed by atoms with van der Waals surface area (Å²) in [6.45, 7) is 2.48. The largest absolute Gasteiger partial charge is 0.492 e. The molecule has 6 nitrogen and oxygen atoms in total. The Balaban J connectivity index is 1.75. The first-order valence-electron chi connectivity index (χ1n) is 7.11. The van der Waals surface area contributed by atoms with Crippen LogP contribution in [-0.2, 0) is 6.54 Å². The zero-order valence-electron chi connectivity index (χ0n) is 12.5. The first kappa shape index (κ1) is 14.9. The third kappa shape index (κ3) is 3.11. The summed E-state index contributed by atoms with van der Waals surface area (Å²) in [6, 6.07) is 11.7. The highest BCUT2D eigenvalue weighted by atomic mass is 16.5. The fourth-order valence-corrected chi connectivity index (χ4v) is 2.36. The molecule has 0 unspecified atom stereocenters. The van der Waals surface area contributed by atoms with Gasteiger partial charge in [-0.15, -0.1) is 0 Å². The number of benzene rings is 2. The molecule has 0 radical (unpaired) electrons. The van der Waals surface area contributed by atoms with E-state index in [0.717, 1.165) is 11.1 Å². The normalized spacial score (nSPS) is 10.8. The second-order valence-electron chi connectivity index (χ2n) is 5.17. The number of oxazole rings is 1. The number of carboxylic acids is 1. The van der Waals surface area contributed by atoms with Crippen LogP contribution in [0.3, 0.4) is 0 Å². The molecular weight excluding hydrogens is 298 g/mol. The minimum atomic E-state index is -1.01. The third-order valence-corrected chi connectivity index (χ3v) is 3.49. The minimum absolute atomic E-state index is 0.157. The lowest BCUT2D eigenvalue weighted by Gasteiger charge is -2.07. The highest BCUT2D eigenvalue weighted by molar-refractivity contribution is 5.88. The number of rotatable bonds is 5. The van der Waals surface area contributed by atoms with E-state index < -0.39 is 11.7 Å². The number of nitrogens with zero attached hydrogens (tertiary/aromatic N) is 1. The summed E-state index contributed by atoms with van der Waals surface area (Å²) in [5, 5.41) is 8.95. The monoisotopic (exact) mass is 313 g/mol. The van der Waals surface area contributed by atoms with E-state index in [4.69, 9.17) is 14.3 Å². The van der Waals surface area contributed by atoms with Crippen LogP contribution in [0.4, 0.5) is 0 Å². The number of aromatic carboxylic acids is 1. The molecule has 0 aliphatic heterocycles. The summed E-state index contributed by atoms with van der Waals surface area (Å²) < 4.78 is 12.2. The van der Waals surface area contributed by atoms with Gasteiger partial charge < -0.3 is 14.3 Å². The van der Waals surface area contributed by atoms with Crippen LogP contribution in [0.15, 0.2) is 51.7 Å². The van der Waals surface area contributed by atoms with Crippen molar-refractivity contribution in [2.45, 2.75) is 13.5 Å². The molecule has 3 rings (SSSR count). The lowest BCUT2D eigenvalue weighted by molar-refractivity contribution is 0.0696. The van der Waals surface area contributed by atoms with Gasteiger partial charge in [-0.25, -0.2) is 9.59 Å². The van der Waals surface area contributed by atoms with Crippen LogP contribution in [-0.4, -0.2) is 22.2 Å². The molecule has 0 saturated carbocycles. The number of aryl methyl sites for hydroxylation is 1. The van der Waals surface area contributed by atoms with Gasteiger partial charge in [0.1, 0.15) is 12.4 Å². The van der Waals surface area contributed by atoms with Crippen molar-refractivity contribution in [2.24, 2.45) is 0 Å². The molecule has 0 aliphatic rings. The zero-order chi connectivity index (χ0) is 16.4. The molecule has 0 bridgehead atoms. The molecule has 2 aromatic carbocycles. The van der Waals surface area contributed by atoms with Crippen LogP contribution in [0.1, 0.15) is 15.9 Å². The molecular formula is C17H15NO5. The lowest BCUT2D eigenvalue weighted by Crippen LogP contribution is -2.18. The SMILES string of the molecule is Cc1ccc2oc(=O)n(CCOc3cccc(C(=O)O)c3)c2c1. The topological polar surface area (TPSA) is 81.7 Å². The lowest BCUT2D eigenvalue weighted by atomic mass is 10.2. The van der Waals surface area contributed by atoms with E-state index in [9.17, 15) is 9.59 Å². The van der Waals surface area contributed by atoms with Crippen molar-refractivity contribution in [1.82, 2.24) is 4.57 Å². The van der Waals surface area contributed by atoms with Crippen LogP contribution in [0.5, 0.6) is 5.75 Å². The number of carboxylic acid groups (broad SMARTS) is 1. The maximum absolute atomic E-state index is 11.9. The van der Waals surface area contributed by atoms with Gasteiger partial charge in [-0.3, -0.25) is 4.57 Å². The maximum atomic E-state index is 11.9. The van der Waals surface area contributed by atoms with Crippen LogP contribution in [0.2, 0.25) is 0 Å². The first-order chi connectivity index (χ1) is 11.0. The van der Waals surface area contributed by atoms with E-state index in [1.54, 1.807) is 18.2 Å². The van der Waals surface area contributed by atoms with E-state index >= 15 is 0 Å². The van der Waals surface area contributed by atoms with Crippen molar-refractivity contribution in [1.29, 1.82) is 0 Å². The Morgan fingerprint density at radius 3 is 2.87 bits per heavy atom. The Morgan fingerprint density at radius 1 is 1.26 bits per heavy atom. The molecule has 1 N–H and O–H groups in total. The van der Waals surface area contributed by atoms with Crippen molar-refractivity contribution >= 4 is 17.1 Å². The molecule has 0 spiro atoms. The number of ether oxygens (including phenoxy) is 1. The first-order valence-corrected chi connectivity index (χ1v) is 7.11. The summed E-state index contributed by atoms with van der Waals surface area (Å²) >= 11 is 0. The number of hydrogen-bond donors (Lipinski definition) is 1. The predicted molar refractivity (Wildman–Crippen MR) is 84.1 cm³/mol. The fourth-order valence-electron chi connectivity index (χ4n) is 2.36. The zero-order valence-corrected chi connectivity index (χ0v) is 12.5. The second-order valence-corrected chi connectivity index (χ2v) is 5.17. The average Bonchev–Trinajstić information content (AvgIpc) is 2.83. The quantitative estimate of drug-likeness (QED) is 0.783. The molecule has 0 fully saturated rings. The maximum Gasteiger partial charge on any atom is 0.420 e. The average molecular weight is 313 g/mol. The van der Waals surface area contributed by atoms with E-state index in [-0.39, 0.29) is 12.2 Å². The van der Waals surface area contributed by atoms with Crippen molar-refractivity contribution in [3.8, 4) is 5.75 Å². The van der Waals surface area contributed by atoms with Gasteiger partial charge in [-0.05, 0) is 42.8 Å². The van der Waals surface area contributed by atoms with Gasteiger partial charge >= 0.3 is 11.7 Å². The van der Waals surface area contributed by atoms with Crippen LogP contribution >= 0.6 is 0 Å². The van der Waals surface area contributed by atoms with Gasteiger partial charge in [0.05, 0.1) is 17.6 Å². The molecule has 6 heteroatoms. The molecule has 0 amide bonds. The molecule has 0 aliphatic carbocycles. The van der Waals surface area contributed by atoms with Crippen LogP contribution in [0, 0.1) is 6.92 Å². The van der Waals surface area contributed by atoms with E-state index in [2.05, 4.69) is 0 Å². The summed E-state index contributed by atoms with van der Waals surface area (Å²) in [5.41, 5.74) is 2.44. The Morgan fingerprint density at radius 2 is 2.09 bits per heavy atom. The van der Waals surface area contributed by atoms with Crippen molar-refractivity contribution in [3.05, 3.63) is 64.1 Å². The Bertz CT molecular complexity index is 922. The Kier molecular flexibility index (Phi) is 3.89. The van der Waals surface area contributed by atoms with Crippen molar-refractivity contribution in [2.75, 3.05) is 6.61 Å². The number of hydrogen-bond acceptors (Lipinski definition) is 4. The van der Waals surface area contributed by atoms with E-state index in [1.807, 2.05) is 19.1 Å². The summed E-state index contributed by atoms with van der Waals surface area (Å²) in [5.74, 6) is -1.00. The summed E-state index contributed by atoms with van der Waals surface area (Å²) in [7, 11) is 0. The van der Waals surface area contributed by atoms with E-state index in [1.165, 1.54) is 16.7 Å². The standard InChI is InChI=1S/C17H15NO5/c1-11-5-6-15-14(9-11)18(17(21)23-15)7-8-22-13-4-2-3-12(10-13)16(19)20/h2-6,9-10H,7-8H2,1H3,(H,19,20). The molecule has 3 aromatic rings. The number of aromatic nitrogens is 1. The second kappa shape index (κ2) is 6.00. The molecule has 23 heavy (non-hydrogen) atoms. The minimum Gasteiger partial charge on any atom is -0.492 e. The smallest absolute Gasteiger partial charge is 0.420 e. The Labute approximate surface area is 131 Å². The number of carbonyl (C=O) groups is 1. The molecule has 1 aromatic heterocycles. The Hall–Kier alpha value is -3.02. The van der Waals surface area contributed by atoms with Gasteiger partial charge in [-0.2, -0.15) is 0 Å². The summed E-state index contributed by atoms with van der Waals surface area (Å²) in [4.78, 5) is 22.8. The van der Waals surface area contributed by atoms with Crippen LogP contribution < -0.4 is 10.5 Å². The highest BCUT2D eigenvalue weighted by Crippen LogP contribution is 2.16. The van der Waals surface area contributed by atoms with Crippen molar-refractivity contribution in [3.63, 3.8) is 0 Å². The predicted octanol–water partition coefficient (Wildman–Crippen LogP) is 2.68. The molecule has 0 atom stereocenters. The third-order valence-electron chi connectivity index (χ3n) is 3.49. The fraction of sp³-hybridized carbons (Fsp3) is 0.176. The molecule has 1 heterocycles.